The fraction of sp³-hybridized carbons (Fsp3) is 0.526. The van der Waals surface area contributed by atoms with Gasteiger partial charge in [-0.15, -0.1) is 11.6 Å². The highest BCUT2D eigenvalue weighted by molar-refractivity contribution is 6.42. The van der Waals surface area contributed by atoms with E-state index in [2.05, 4.69) is 20.8 Å². The third kappa shape index (κ3) is 4.45. The Hall–Kier alpha value is -0.900. The van der Waals surface area contributed by atoms with Crippen LogP contribution in [0, 0.1) is 5.92 Å². The van der Waals surface area contributed by atoms with Gasteiger partial charge in [-0.2, -0.15) is 0 Å². The Kier molecular flexibility index (Phi) is 7.07. The molecule has 1 unspecified atom stereocenters. The largest absolute Gasteiger partial charge is 0.491 e. The number of rotatable bonds is 7. The predicted molar refractivity (Wildman–Crippen MR) is 108 cm³/mol. The van der Waals surface area contributed by atoms with E-state index >= 15 is 0 Å². The first kappa shape index (κ1) is 20.4. The molecule has 6 heteroatoms. The Labute approximate surface area is 163 Å². The quantitative estimate of drug-likeness (QED) is 0.397. The molecule has 0 aliphatic carbocycles. The number of fused-ring (bicyclic) bond motifs is 1. The number of halogens is 3. The van der Waals surface area contributed by atoms with Gasteiger partial charge < -0.3 is 9.30 Å². The number of pyridine rings is 1. The predicted octanol–water partition coefficient (Wildman–Crippen LogP) is 6.35. The lowest BCUT2D eigenvalue weighted by molar-refractivity contribution is 0.305. The molecule has 0 aliphatic heterocycles. The Morgan fingerprint density at radius 1 is 1.16 bits per heavy atom. The Bertz CT molecular complexity index is 815. The topological polar surface area (TPSA) is 31.2 Å². The SMILES string of the molecule is CCCCOc1c(C(Cl)CC(C)C)n(C)c(=O)c2cc(Cl)c(Cl)cc12. The van der Waals surface area contributed by atoms with Crippen molar-refractivity contribution < 1.29 is 4.74 Å². The van der Waals surface area contributed by atoms with Gasteiger partial charge >= 0.3 is 0 Å². The van der Waals surface area contributed by atoms with Gasteiger partial charge in [0.2, 0.25) is 0 Å². The van der Waals surface area contributed by atoms with Crippen LogP contribution in [0.2, 0.25) is 10.0 Å². The van der Waals surface area contributed by atoms with Crippen molar-refractivity contribution in [2.45, 2.75) is 45.4 Å². The molecule has 1 heterocycles. The molecule has 138 valence electrons. The lowest BCUT2D eigenvalue weighted by Gasteiger charge is -2.22. The van der Waals surface area contributed by atoms with Crippen molar-refractivity contribution in [2.24, 2.45) is 13.0 Å². The van der Waals surface area contributed by atoms with Crippen LogP contribution < -0.4 is 10.3 Å². The zero-order valence-corrected chi connectivity index (χ0v) is 17.3. The van der Waals surface area contributed by atoms with Crippen LogP contribution in [-0.2, 0) is 7.05 Å². The molecular formula is C19H24Cl3NO2. The molecule has 0 spiro atoms. The summed E-state index contributed by atoms with van der Waals surface area (Å²) in [5.74, 6) is 1.02. The van der Waals surface area contributed by atoms with Crippen molar-refractivity contribution in [3.8, 4) is 5.75 Å². The zero-order valence-electron chi connectivity index (χ0n) is 15.0. The van der Waals surface area contributed by atoms with Crippen LogP contribution in [0.3, 0.4) is 0 Å². The second-order valence-corrected chi connectivity index (χ2v) is 8.03. The Morgan fingerprint density at radius 3 is 2.32 bits per heavy atom. The van der Waals surface area contributed by atoms with Gasteiger partial charge in [-0.05, 0) is 30.9 Å². The number of nitrogens with zero attached hydrogens (tertiary/aromatic N) is 1. The Morgan fingerprint density at radius 2 is 1.76 bits per heavy atom. The monoisotopic (exact) mass is 403 g/mol. The second-order valence-electron chi connectivity index (χ2n) is 6.69. The molecule has 2 aromatic rings. The van der Waals surface area contributed by atoms with Gasteiger partial charge in [-0.3, -0.25) is 4.79 Å². The lowest BCUT2D eigenvalue weighted by atomic mass is 10.0. The average Bonchev–Trinajstić information content (AvgIpc) is 2.53. The van der Waals surface area contributed by atoms with E-state index < -0.39 is 0 Å². The highest BCUT2D eigenvalue weighted by atomic mass is 35.5. The normalized spacial score (nSPS) is 12.8. The molecule has 0 radical (unpaired) electrons. The molecule has 0 bridgehead atoms. The fourth-order valence-electron chi connectivity index (χ4n) is 2.84. The van der Waals surface area contributed by atoms with Crippen molar-refractivity contribution in [2.75, 3.05) is 6.61 Å². The van der Waals surface area contributed by atoms with Crippen LogP contribution in [0.25, 0.3) is 10.8 Å². The van der Waals surface area contributed by atoms with Crippen LogP contribution in [-0.4, -0.2) is 11.2 Å². The van der Waals surface area contributed by atoms with Crippen LogP contribution in [0.1, 0.15) is 51.1 Å². The summed E-state index contributed by atoms with van der Waals surface area (Å²) in [6, 6.07) is 3.30. The minimum atomic E-state index is -0.326. The standard InChI is InChI=1S/C19H24Cl3NO2/c1-5-6-7-25-18-12-9-14(20)15(21)10-13(12)19(24)23(4)17(18)16(22)8-11(2)3/h9-11,16H,5-8H2,1-4H3. The molecule has 0 saturated heterocycles. The first-order valence-corrected chi connectivity index (χ1v) is 9.75. The smallest absolute Gasteiger partial charge is 0.258 e. The molecule has 1 aromatic heterocycles. The zero-order chi connectivity index (χ0) is 18.7. The van der Waals surface area contributed by atoms with Crippen LogP contribution >= 0.6 is 34.8 Å². The van der Waals surface area contributed by atoms with Crippen LogP contribution in [0.15, 0.2) is 16.9 Å². The van der Waals surface area contributed by atoms with Crippen LogP contribution in [0.5, 0.6) is 5.75 Å². The van der Waals surface area contributed by atoms with E-state index in [1.54, 1.807) is 23.7 Å². The lowest BCUT2D eigenvalue weighted by Crippen LogP contribution is -2.23. The van der Waals surface area contributed by atoms with E-state index in [9.17, 15) is 4.79 Å². The maximum atomic E-state index is 12.8. The molecule has 0 saturated carbocycles. The van der Waals surface area contributed by atoms with Crippen LogP contribution in [0.4, 0.5) is 0 Å². The van der Waals surface area contributed by atoms with Crippen molar-refractivity contribution in [1.82, 2.24) is 4.57 Å². The van der Waals surface area contributed by atoms with Crippen molar-refractivity contribution in [1.29, 1.82) is 0 Å². The summed E-state index contributed by atoms with van der Waals surface area (Å²) in [5.41, 5.74) is 0.545. The van der Waals surface area contributed by atoms with Gasteiger partial charge in [0.1, 0.15) is 5.75 Å². The van der Waals surface area contributed by atoms with Gasteiger partial charge in [0.15, 0.2) is 0 Å². The third-order valence-corrected chi connectivity index (χ3v) is 5.26. The first-order chi connectivity index (χ1) is 11.8. The molecule has 1 atom stereocenters. The molecule has 3 nitrogen and oxygen atoms in total. The molecule has 0 fully saturated rings. The van der Waals surface area contributed by atoms with Crippen molar-refractivity contribution in [3.63, 3.8) is 0 Å². The number of benzene rings is 1. The van der Waals surface area contributed by atoms with Gasteiger partial charge in [0, 0.05) is 12.4 Å². The van der Waals surface area contributed by atoms with Gasteiger partial charge in [-0.1, -0.05) is 50.4 Å². The fourth-order valence-corrected chi connectivity index (χ4v) is 3.77. The first-order valence-electron chi connectivity index (χ1n) is 8.56. The molecule has 2 rings (SSSR count). The number of unbranched alkanes of at least 4 members (excludes halogenated alkanes) is 1. The van der Waals surface area contributed by atoms with Gasteiger partial charge in [0.25, 0.3) is 5.56 Å². The summed E-state index contributed by atoms with van der Waals surface area (Å²) in [7, 11) is 1.72. The van der Waals surface area contributed by atoms with Crippen molar-refractivity contribution in [3.05, 3.63) is 38.2 Å². The highest BCUT2D eigenvalue weighted by Gasteiger charge is 2.23. The summed E-state index contributed by atoms with van der Waals surface area (Å²) >= 11 is 19.0. The van der Waals surface area contributed by atoms with Gasteiger partial charge in [-0.25, -0.2) is 0 Å². The number of hydrogen-bond donors (Lipinski definition) is 0. The molecule has 0 aliphatic rings. The van der Waals surface area contributed by atoms with Crippen molar-refractivity contribution >= 4 is 45.6 Å². The van der Waals surface area contributed by atoms with Gasteiger partial charge in [0.05, 0.1) is 33.1 Å². The minimum absolute atomic E-state index is 0.152. The van der Waals surface area contributed by atoms with E-state index in [1.807, 2.05) is 0 Å². The minimum Gasteiger partial charge on any atom is -0.491 e. The Balaban J connectivity index is 2.75. The second kappa shape index (κ2) is 8.66. The summed E-state index contributed by atoms with van der Waals surface area (Å²) in [5, 5.41) is 1.57. The third-order valence-electron chi connectivity index (χ3n) is 4.15. The summed E-state index contributed by atoms with van der Waals surface area (Å²) < 4.78 is 7.66. The molecule has 25 heavy (non-hydrogen) atoms. The van der Waals surface area contributed by atoms with E-state index in [0.717, 1.165) is 19.3 Å². The maximum absolute atomic E-state index is 12.8. The molecular weight excluding hydrogens is 381 g/mol. The number of hydrogen-bond acceptors (Lipinski definition) is 2. The summed E-state index contributed by atoms with van der Waals surface area (Å²) in [4.78, 5) is 12.8. The molecule has 0 amide bonds. The molecule has 0 N–H and O–H groups in total. The number of aromatic nitrogens is 1. The number of alkyl halides is 1. The maximum Gasteiger partial charge on any atom is 0.258 e. The van der Waals surface area contributed by atoms with E-state index in [4.69, 9.17) is 39.5 Å². The average molecular weight is 405 g/mol. The number of ether oxygens (including phenoxy) is 1. The summed E-state index contributed by atoms with van der Waals surface area (Å²) in [6.45, 7) is 6.86. The molecule has 1 aromatic carbocycles. The van der Waals surface area contributed by atoms with E-state index in [0.29, 0.717) is 44.8 Å². The van der Waals surface area contributed by atoms with E-state index in [1.165, 1.54) is 0 Å². The highest BCUT2D eigenvalue weighted by Crippen LogP contribution is 2.39. The van der Waals surface area contributed by atoms with E-state index in [-0.39, 0.29) is 10.9 Å². The summed E-state index contributed by atoms with van der Waals surface area (Å²) in [6.07, 6.45) is 2.68.